The minimum atomic E-state index is -1.02. The number of carbonyl (C=O) groups is 1. The van der Waals surface area contributed by atoms with Crippen molar-refractivity contribution in [2.45, 2.75) is 6.54 Å². The van der Waals surface area contributed by atoms with Crippen molar-refractivity contribution in [2.24, 2.45) is 0 Å². The van der Waals surface area contributed by atoms with E-state index < -0.39 is 16.8 Å². The van der Waals surface area contributed by atoms with Crippen molar-refractivity contribution in [3.63, 3.8) is 0 Å². The van der Waals surface area contributed by atoms with Gasteiger partial charge in [0.2, 0.25) is 0 Å². The summed E-state index contributed by atoms with van der Waals surface area (Å²) in [5.41, 5.74) is 1.17. The number of carboxylic acids is 1. The highest BCUT2D eigenvalue weighted by Gasteiger charge is 2.14. The SMILES string of the molecule is CS(=O)CCn1nnc2cccc(C(=O)O)c21. The molecule has 1 N–H and O–H groups in total. The van der Waals surface area contributed by atoms with Gasteiger partial charge in [0.15, 0.2) is 0 Å². The highest BCUT2D eigenvalue weighted by Crippen LogP contribution is 2.16. The smallest absolute Gasteiger partial charge is 0.337 e. The number of aromatic carboxylic acids is 1. The van der Waals surface area contributed by atoms with Crippen molar-refractivity contribution < 1.29 is 14.1 Å². The van der Waals surface area contributed by atoms with Gasteiger partial charge in [0, 0.05) is 22.8 Å². The first-order chi connectivity index (χ1) is 8.09. The third kappa shape index (κ3) is 2.33. The van der Waals surface area contributed by atoms with Crippen LogP contribution in [0.1, 0.15) is 10.4 Å². The molecule has 1 heterocycles. The summed E-state index contributed by atoms with van der Waals surface area (Å²) < 4.78 is 12.5. The summed E-state index contributed by atoms with van der Waals surface area (Å²) in [5.74, 6) is -0.594. The van der Waals surface area contributed by atoms with E-state index in [9.17, 15) is 9.00 Å². The molecule has 0 aliphatic heterocycles. The Labute approximate surface area is 99.7 Å². The first-order valence-corrected chi connectivity index (χ1v) is 6.68. The van der Waals surface area contributed by atoms with E-state index in [0.29, 0.717) is 23.3 Å². The van der Waals surface area contributed by atoms with Gasteiger partial charge in [0.25, 0.3) is 0 Å². The van der Waals surface area contributed by atoms with Gasteiger partial charge >= 0.3 is 5.97 Å². The van der Waals surface area contributed by atoms with Crippen molar-refractivity contribution >= 4 is 27.8 Å². The first kappa shape index (κ1) is 11.7. The van der Waals surface area contributed by atoms with Gasteiger partial charge in [-0.2, -0.15) is 0 Å². The van der Waals surface area contributed by atoms with Gasteiger partial charge < -0.3 is 5.11 Å². The summed E-state index contributed by atoms with van der Waals surface area (Å²) >= 11 is 0. The van der Waals surface area contributed by atoms with E-state index in [-0.39, 0.29) is 5.56 Å². The lowest BCUT2D eigenvalue weighted by Crippen LogP contribution is -2.10. The highest BCUT2D eigenvalue weighted by molar-refractivity contribution is 7.84. The number of hydrogen-bond donors (Lipinski definition) is 1. The maximum absolute atomic E-state index is 11.1. The number of benzene rings is 1. The maximum Gasteiger partial charge on any atom is 0.337 e. The Bertz CT molecular complexity index is 593. The Kier molecular flexibility index (Phi) is 3.19. The number of rotatable bonds is 4. The van der Waals surface area contributed by atoms with Crippen LogP contribution in [0, 0.1) is 0 Å². The average molecular weight is 253 g/mol. The second-order valence-electron chi connectivity index (χ2n) is 3.57. The number of nitrogens with zero attached hydrogens (tertiary/aromatic N) is 3. The molecule has 0 spiro atoms. The lowest BCUT2D eigenvalue weighted by atomic mass is 10.2. The zero-order valence-corrected chi connectivity index (χ0v) is 9.98. The van der Waals surface area contributed by atoms with Crippen LogP contribution in [0.2, 0.25) is 0 Å². The highest BCUT2D eigenvalue weighted by atomic mass is 32.2. The third-order valence-electron chi connectivity index (χ3n) is 2.35. The third-order valence-corrected chi connectivity index (χ3v) is 3.11. The van der Waals surface area contributed by atoms with Crippen LogP contribution in [0.15, 0.2) is 18.2 Å². The molecule has 0 fully saturated rings. The minimum Gasteiger partial charge on any atom is -0.478 e. The molecule has 1 unspecified atom stereocenters. The monoisotopic (exact) mass is 253 g/mol. The van der Waals surface area contributed by atoms with Gasteiger partial charge in [-0.05, 0) is 12.1 Å². The molecule has 7 heteroatoms. The lowest BCUT2D eigenvalue weighted by Gasteiger charge is -2.02. The topological polar surface area (TPSA) is 85.1 Å². The molecule has 1 aromatic carbocycles. The molecule has 0 amide bonds. The van der Waals surface area contributed by atoms with Gasteiger partial charge in [-0.15, -0.1) is 5.10 Å². The summed E-state index contributed by atoms with van der Waals surface area (Å²) in [6.45, 7) is 0.393. The summed E-state index contributed by atoms with van der Waals surface area (Å²) in [4.78, 5) is 11.1. The molecule has 0 bridgehead atoms. The minimum absolute atomic E-state index is 0.161. The van der Waals surface area contributed by atoms with Crippen molar-refractivity contribution in [3.05, 3.63) is 23.8 Å². The Morgan fingerprint density at radius 3 is 2.94 bits per heavy atom. The number of aromatic nitrogens is 3. The summed E-state index contributed by atoms with van der Waals surface area (Å²) in [6.07, 6.45) is 1.59. The molecule has 6 nitrogen and oxygen atoms in total. The Hall–Kier alpha value is -1.76. The van der Waals surface area contributed by atoms with Crippen LogP contribution in [-0.2, 0) is 17.3 Å². The van der Waals surface area contributed by atoms with Crippen LogP contribution in [0.4, 0.5) is 0 Å². The van der Waals surface area contributed by atoms with E-state index in [2.05, 4.69) is 10.3 Å². The predicted molar refractivity (Wildman–Crippen MR) is 63.4 cm³/mol. The molecule has 0 aliphatic rings. The second-order valence-corrected chi connectivity index (χ2v) is 5.12. The van der Waals surface area contributed by atoms with Gasteiger partial charge in [0.05, 0.1) is 12.1 Å². The van der Waals surface area contributed by atoms with Gasteiger partial charge in [-0.1, -0.05) is 11.3 Å². The number of carboxylic acid groups (broad SMARTS) is 1. The first-order valence-electron chi connectivity index (χ1n) is 4.95. The van der Waals surface area contributed by atoms with Gasteiger partial charge in [-0.25, -0.2) is 9.48 Å². The zero-order chi connectivity index (χ0) is 12.4. The average Bonchev–Trinajstić information content (AvgIpc) is 2.69. The fourth-order valence-electron chi connectivity index (χ4n) is 1.57. The van der Waals surface area contributed by atoms with Crippen molar-refractivity contribution in [3.8, 4) is 0 Å². The Morgan fingerprint density at radius 1 is 1.53 bits per heavy atom. The summed E-state index contributed by atoms with van der Waals surface area (Å²) in [6, 6.07) is 4.84. The van der Waals surface area contributed by atoms with Crippen LogP contribution in [-0.4, -0.2) is 42.3 Å². The zero-order valence-electron chi connectivity index (χ0n) is 9.16. The van der Waals surface area contributed by atoms with E-state index in [1.807, 2.05) is 0 Å². The molecule has 17 heavy (non-hydrogen) atoms. The molecule has 0 saturated heterocycles. The molecule has 2 aromatic rings. The number of aryl methyl sites for hydroxylation is 1. The second kappa shape index (κ2) is 4.62. The van der Waals surface area contributed by atoms with Crippen LogP contribution >= 0.6 is 0 Å². The van der Waals surface area contributed by atoms with Crippen LogP contribution in [0.5, 0.6) is 0 Å². The normalized spacial score (nSPS) is 12.8. The van der Waals surface area contributed by atoms with E-state index in [1.165, 1.54) is 10.7 Å². The summed E-state index contributed by atoms with van der Waals surface area (Å²) in [5, 5.41) is 16.8. The van der Waals surface area contributed by atoms with Crippen LogP contribution < -0.4 is 0 Å². The fourth-order valence-corrected chi connectivity index (χ4v) is 2.00. The van der Waals surface area contributed by atoms with Crippen LogP contribution in [0.25, 0.3) is 11.0 Å². The van der Waals surface area contributed by atoms with E-state index >= 15 is 0 Å². The molecule has 0 aliphatic carbocycles. The van der Waals surface area contributed by atoms with E-state index in [4.69, 9.17) is 5.11 Å². The van der Waals surface area contributed by atoms with Gasteiger partial charge in [0.1, 0.15) is 11.0 Å². The molecular formula is C10H11N3O3S. The molecule has 2 rings (SSSR count). The molecule has 1 atom stereocenters. The molecule has 1 aromatic heterocycles. The van der Waals surface area contributed by atoms with Crippen molar-refractivity contribution in [1.29, 1.82) is 0 Å². The standard InChI is InChI=1S/C10H11N3O3S/c1-17(16)6-5-13-9-7(10(14)15)3-2-4-8(9)11-12-13/h2-4H,5-6H2,1H3,(H,14,15). The Morgan fingerprint density at radius 2 is 2.29 bits per heavy atom. The van der Waals surface area contributed by atoms with Crippen LogP contribution in [0.3, 0.4) is 0 Å². The lowest BCUT2D eigenvalue weighted by molar-refractivity contribution is 0.0698. The Balaban J connectivity index is 2.49. The molecule has 0 saturated carbocycles. The van der Waals surface area contributed by atoms with E-state index in [1.54, 1.807) is 18.4 Å². The quantitative estimate of drug-likeness (QED) is 0.858. The van der Waals surface area contributed by atoms with E-state index in [0.717, 1.165) is 0 Å². The number of fused-ring (bicyclic) bond motifs is 1. The molecular weight excluding hydrogens is 242 g/mol. The molecule has 0 radical (unpaired) electrons. The predicted octanol–water partition coefficient (Wildman–Crippen LogP) is 0.508. The summed E-state index contributed by atoms with van der Waals surface area (Å²) in [7, 11) is -0.946. The van der Waals surface area contributed by atoms with Crippen molar-refractivity contribution in [2.75, 3.05) is 12.0 Å². The number of hydrogen-bond acceptors (Lipinski definition) is 4. The van der Waals surface area contributed by atoms with Gasteiger partial charge in [-0.3, -0.25) is 4.21 Å². The van der Waals surface area contributed by atoms with Crippen molar-refractivity contribution in [1.82, 2.24) is 15.0 Å². The maximum atomic E-state index is 11.1. The fraction of sp³-hybridized carbons (Fsp3) is 0.300. The molecule has 90 valence electrons. The number of para-hydroxylation sites is 1. The largest absolute Gasteiger partial charge is 0.478 e.